The van der Waals surface area contributed by atoms with Crippen molar-refractivity contribution >= 4 is 10.1 Å². The molecule has 27 heavy (non-hydrogen) atoms. The second-order valence-electron chi connectivity index (χ2n) is 7.61. The molecular weight excluding hydrogens is 356 g/mol. The summed E-state index contributed by atoms with van der Waals surface area (Å²) in [5.41, 5.74) is 3.59. The minimum absolute atomic E-state index is 0.0484. The molecule has 1 aliphatic carbocycles. The van der Waals surface area contributed by atoms with Crippen molar-refractivity contribution in [3.8, 4) is 0 Å². The van der Waals surface area contributed by atoms with E-state index in [-0.39, 0.29) is 11.9 Å². The van der Waals surface area contributed by atoms with E-state index in [1.54, 1.807) is 0 Å². The van der Waals surface area contributed by atoms with E-state index >= 15 is 0 Å². The van der Waals surface area contributed by atoms with E-state index in [0.717, 1.165) is 37.7 Å². The number of rotatable bonds is 8. The van der Waals surface area contributed by atoms with Crippen molar-refractivity contribution in [2.24, 2.45) is 0 Å². The first-order chi connectivity index (χ1) is 13.1. The molecule has 1 aliphatic rings. The molecule has 3 nitrogen and oxygen atoms in total. The molecular formula is C23H30O3S. The molecule has 1 saturated carbocycles. The number of benzene rings is 2. The molecule has 0 heterocycles. The fraction of sp³-hybridized carbons (Fsp3) is 0.478. The second kappa shape index (κ2) is 9.52. The van der Waals surface area contributed by atoms with Gasteiger partial charge >= 0.3 is 0 Å². The van der Waals surface area contributed by atoms with Gasteiger partial charge in [-0.2, -0.15) is 8.42 Å². The van der Waals surface area contributed by atoms with Crippen molar-refractivity contribution in [2.45, 2.75) is 69.6 Å². The zero-order valence-corrected chi connectivity index (χ0v) is 17.0. The summed E-state index contributed by atoms with van der Waals surface area (Å²) >= 11 is 0. The molecule has 2 aromatic rings. The Morgan fingerprint density at radius 1 is 0.926 bits per heavy atom. The van der Waals surface area contributed by atoms with Crippen LogP contribution in [0.25, 0.3) is 0 Å². The van der Waals surface area contributed by atoms with Crippen LogP contribution in [0.1, 0.15) is 68.1 Å². The van der Waals surface area contributed by atoms with Crippen LogP contribution in [0.4, 0.5) is 0 Å². The largest absolute Gasteiger partial charge is 0.271 e. The van der Waals surface area contributed by atoms with Gasteiger partial charge in [0.15, 0.2) is 0 Å². The van der Waals surface area contributed by atoms with Crippen LogP contribution >= 0.6 is 0 Å². The van der Waals surface area contributed by atoms with E-state index in [4.69, 9.17) is 4.18 Å². The van der Waals surface area contributed by atoms with Crippen LogP contribution in [0.5, 0.6) is 0 Å². The zero-order valence-electron chi connectivity index (χ0n) is 16.1. The highest BCUT2D eigenvalue weighted by Crippen LogP contribution is 2.35. The van der Waals surface area contributed by atoms with Crippen molar-refractivity contribution in [3.63, 3.8) is 0 Å². The Balaban J connectivity index is 1.53. The second-order valence-corrected chi connectivity index (χ2v) is 9.20. The predicted molar refractivity (Wildman–Crippen MR) is 110 cm³/mol. The minimum atomic E-state index is -3.53. The smallest absolute Gasteiger partial charge is 0.267 e. The lowest BCUT2D eigenvalue weighted by Crippen LogP contribution is -2.24. The third-order valence-electron chi connectivity index (χ3n) is 5.38. The Hall–Kier alpha value is -1.65. The van der Waals surface area contributed by atoms with Gasteiger partial charge in [-0.3, -0.25) is 4.18 Å². The molecule has 0 aliphatic heterocycles. The summed E-state index contributed by atoms with van der Waals surface area (Å²) in [6.45, 7) is 2.22. The van der Waals surface area contributed by atoms with Crippen LogP contribution < -0.4 is 0 Å². The fourth-order valence-corrected chi connectivity index (χ4v) is 5.17. The van der Waals surface area contributed by atoms with Gasteiger partial charge in [0.05, 0.1) is 6.10 Å². The first-order valence-corrected chi connectivity index (χ1v) is 11.7. The lowest BCUT2D eigenvalue weighted by Gasteiger charge is -2.28. The normalized spacial score (nSPS) is 20.5. The molecule has 2 aromatic carbocycles. The van der Waals surface area contributed by atoms with Gasteiger partial charge in [-0.1, -0.05) is 67.9 Å². The summed E-state index contributed by atoms with van der Waals surface area (Å²) in [6, 6.07) is 18.2. The Morgan fingerprint density at radius 2 is 1.63 bits per heavy atom. The van der Waals surface area contributed by atoms with Crippen LogP contribution in [0.2, 0.25) is 0 Å². The predicted octanol–water partition coefficient (Wildman–Crippen LogP) is 5.60. The van der Waals surface area contributed by atoms with Gasteiger partial charge in [-0.05, 0) is 61.1 Å². The molecule has 1 fully saturated rings. The van der Waals surface area contributed by atoms with Crippen LogP contribution in [-0.4, -0.2) is 14.5 Å². The number of hydrogen-bond donors (Lipinski definition) is 0. The molecule has 0 aromatic heterocycles. The van der Waals surface area contributed by atoms with Crippen LogP contribution in [0.3, 0.4) is 0 Å². The molecule has 0 N–H and O–H groups in total. The van der Waals surface area contributed by atoms with Crippen LogP contribution in [0, 0.1) is 0 Å². The minimum Gasteiger partial charge on any atom is -0.267 e. The fourth-order valence-electron chi connectivity index (χ4n) is 3.90. The first kappa shape index (κ1) is 20.1. The van der Waals surface area contributed by atoms with Crippen molar-refractivity contribution < 1.29 is 12.6 Å². The molecule has 0 bridgehead atoms. The van der Waals surface area contributed by atoms with E-state index in [1.807, 2.05) is 30.3 Å². The highest BCUT2D eigenvalue weighted by atomic mass is 32.2. The Kier molecular flexibility index (Phi) is 7.08. The van der Waals surface area contributed by atoms with Gasteiger partial charge in [-0.15, -0.1) is 0 Å². The van der Waals surface area contributed by atoms with Crippen molar-refractivity contribution in [3.05, 3.63) is 71.3 Å². The third kappa shape index (κ3) is 6.18. The molecule has 3 rings (SSSR count). The number of unbranched alkanes of at least 4 members (excludes halogenated alkanes) is 1. The standard InChI is InChI=1S/C23H30O3S/c1-2-3-8-19-11-7-12-22(17-19)21-13-15-23(16-14-21)26-27(24,25)18-20-9-5-4-6-10-20/h4-7,9-12,17,21,23H,2-3,8,13-16,18H2,1H3. The van der Waals surface area contributed by atoms with Crippen molar-refractivity contribution in [1.29, 1.82) is 0 Å². The molecule has 0 amide bonds. The zero-order chi connectivity index (χ0) is 19.1. The van der Waals surface area contributed by atoms with Crippen LogP contribution in [-0.2, 0) is 26.5 Å². The highest BCUT2D eigenvalue weighted by molar-refractivity contribution is 7.85. The van der Waals surface area contributed by atoms with Gasteiger partial charge in [0.25, 0.3) is 10.1 Å². The quantitative estimate of drug-likeness (QED) is 0.555. The summed E-state index contributed by atoms with van der Waals surface area (Å²) in [5, 5.41) is 0. The Labute approximate surface area is 163 Å². The Morgan fingerprint density at radius 3 is 2.33 bits per heavy atom. The maximum atomic E-state index is 12.3. The molecule has 146 valence electrons. The molecule has 4 heteroatoms. The molecule has 0 spiro atoms. The summed E-state index contributed by atoms with van der Waals surface area (Å²) in [6.07, 6.45) is 6.98. The monoisotopic (exact) mass is 386 g/mol. The van der Waals surface area contributed by atoms with Gasteiger partial charge in [0, 0.05) is 0 Å². The first-order valence-electron chi connectivity index (χ1n) is 10.1. The molecule has 0 radical (unpaired) electrons. The molecule has 0 unspecified atom stereocenters. The van der Waals surface area contributed by atoms with Crippen molar-refractivity contribution in [2.75, 3.05) is 0 Å². The average molecular weight is 387 g/mol. The topological polar surface area (TPSA) is 43.4 Å². The van der Waals surface area contributed by atoms with E-state index in [0.29, 0.717) is 5.92 Å². The lowest BCUT2D eigenvalue weighted by atomic mass is 9.82. The summed E-state index contributed by atoms with van der Waals surface area (Å²) in [5.74, 6) is 0.469. The maximum absolute atomic E-state index is 12.3. The van der Waals surface area contributed by atoms with Gasteiger partial charge < -0.3 is 0 Å². The highest BCUT2D eigenvalue weighted by Gasteiger charge is 2.27. The van der Waals surface area contributed by atoms with Gasteiger partial charge in [0.1, 0.15) is 5.75 Å². The van der Waals surface area contributed by atoms with E-state index < -0.39 is 10.1 Å². The van der Waals surface area contributed by atoms with E-state index in [1.165, 1.54) is 24.0 Å². The van der Waals surface area contributed by atoms with E-state index in [2.05, 4.69) is 31.2 Å². The lowest BCUT2D eigenvalue weighted by molar-refractivity contribution is 0.153. The molecule has 0 atom stereocenters. The summed E-state index contributed by atoms with van der Waals surface area (Å²) in [7, 11) is -3.53. The van der Waals surface area contributed by atoms with Gasteiger partial charge in [-0.25, -0.2) is 0 Å². The van der Waals surface area contributed by atoms with E-state index in [9.17, 15) is 8.42 Å². The van der Waals surface area contributed by atoms with Crippen LogP contribution in [0.15, 0.2) is 54.6 Å². The average Bonchev–Trinajstić information content (AvgIpc) is 2.67. The maximum Gasteiger partial charge on any atom is 0.271 e. The number of aryl methyl sites for hydroxylation is 1. The van der Waals surface area contributed by atoms with Crippen molar-refractivity contribution in [1.82, 2.24) is 0 Å². The van der Waals surface area contributed by atoms with Gasteiger partial charge in [0.2, 0.25) is 0 Å². The Bertz CT molecular complexity index is 807. The summed E-state index contributed by atoms with van der Waals surface area (Å²) < 4.78 is 30.2. The number of hydrogen-bond acceptors (Lipinski definition) is 3. The third-order valence-corrected chi connectivity index (χ3v) is 6.64. The SMILES string of the molecule is CCCCc1cccc(C2CCC(OS(=O)(=O)Cc3ccccc3)CC2)c1. The molecule has 0 saturated heterocycles. The summed E-state index contributed by atoms with van der Waals surface area (Å²) in [4.78, 5) is 0.